The molecule has 0 aliphatic carbocycles. The number of carbonyl (C=O) groups is 3. The van der Waals surface area contributed by atoms with Crippen LogP contribution in [0.15, 0.2) is 75.0 Å². The average Bonchev–Trinajstić information content (AvgIpc) is 3.13. The SMILES string of the molecule is C/C(=N\NC(=N)N)c1cc(NC(=O)c2cc(C(N)=O)cc(C(=O)Nc3cc(/C(C)=N/NC(=N)N)cc(/C(C)=N/NC(=N)N)c3)c2)cc(/C(C)=N/NC(=N)N)c1. The lowest BCUT2D eigenvalue weighted by atomic mass is 10.0. The van der Waals surface area contributed by atoms with Crippen molar-refractivity contribution in [2.75, 3.05) is 10.6 Å². The highest BCUT2D eigenvalue weighted by molar-refractivity contribution is 6.13. The molecule has 0 radical (unpaired) electrons. The Bertz CT molecular complexity index is 1960. The molecule has 22 nitrogen and oxygen atoms in total. The molecule has 0 saturated carbocycles. The molecular formula is C33H41N19O3. The standard InChI is InChI=1S/C33H41N19O3/c1-14(45-49-30(35)36)18-5-19(15(2)46-50-31(37)38)11-25(10-18)43-28(54)23-7-22(27(34)53)8-24(9-23)29(55)44-26-12-20(16(3)47-51-32(39)40)6-21(13-26)17(4)48-52-33(41)42/h5-13H,1-4H3,(H2,34,53)(H,43,54)(H,44,55)(H4,35,36,49)(H4,37,38,50)(H4,39,40,51)(H4,41,42,52)/b45-14+,46-15+,47-16+,48-17+. The lowest BCUT2D eigenvalue weighted by molar-refractivity contribution is 0.1000. The number of anilines is 2. The highest BCUT2D eigenvalue weighted by atomic mass is 16.2. The molecule has 20 N–H and O–H groups in total. The van der Waals surface area contributed by atoms with Crippen molar-refractivity contribution >= 4 is 75.8 Å². The Morgan fingerprint density at radius 3 is 0.891 bits per heavy atom. The number of hydrazone groups is 4. The van der Waals surface area contributed by atoms with Crippen molar-refractivity contribution < 1.29 is 14.4 Å². The molecule has 55 heavy (non-hydrogen) atoms. The number of guanidine groups is 4. The Hall–Kier alpha value is -8.17. The summed E-state index contributed by atoms with van der Waals surface area (Å²) in [7, 11) is 0. The van der Waals surface area contributed by atoms with Gasteiger partial charge in [-0.15, -0.1) is 0 Å². The van der Waals surface area contributed by atoms with Crippen molar-refractivity contribution in [1.29, 1.82) is 21.6 Å². The number of hydrogen-bond donors (Lipinski definition) is 15. The molecule has 0 unspecified atom stereocenters. The molecule has 0 fully saturated rings. The van der Waals surface area contributed by atoms with E-state index in [2.05, 4.69) is 52.7 Å². The maximum absolute atomic E-state index is 13.7. The number of primary amides is 1. The molecule has 3 aromatic rings. The smallest absolute Gasteiger partial charge is 0.255 e. The van der Waals surface area contributed by atoms with Gasteiger partial charge in [0.1, 0.15) is 0 Å². The molecule has 286 valence electrons. The first-order valence-electron chi connectivity index (χ1n) is 15.8. The minimum atomic E-state index is -0.901. The normalized spacial score (nSPS) is 11.9. The van der Waals surface area contributed by atoms with Crippen LogP contribution >= 0.6 is 0 Å². The van der Waals surface area contributed by atoms with Gasteiger partial charge in [-0.1, -0.05) is 0 Å². The third kappa shape index (κ3) is 12.5. The number of hydrogen-bond acceptors (Lipinski definition) is 11. The minimum Gasteiger partial charge on any atom is -0.369 e. The summed E-state index contributed by atoms with van der Waals surface area (Å²) in [5.41, 5.74) is 40.2. The van der Waals surface area contributed by atoms with Gasteiger partial charge in [-0.25, -0.2) is 21.7 Å². The first-order valence-corrected chi connectivity index (χ1v) is 15.8. The lowest BCUT2D eigenvalue weighted by Gasteiger charge is -2.14. The summed E-state index contributed by atoms with van der Waals surface area (Å²) in [6.45, 7) is 6.54. The lowest BCUT2D eigenvalue weighted by Crippen LogP contribution is -2.27. The van der Waals surface area contributed by atoms with Crippen LogP contribution in [0.3, 0.4) is 0 Å². The number of nitrogens with one attached hydrogen (secondary N) is 10. The Balaban J connectivity index is 2.06. The summed E-state index contributed by atoms with van der Waals surface area (Å²) in [5.74, 6) is -3.92. The van der Waals surface area contributed by atoms with Crippen molar-refractivity contribution in [2.24, 2.45) is 49.1 Å². The van der Waals surface area contributed by atoms with E-state index in [1.165, 1.54) is 18.2 Å². The van der Waals surface area contributed by atoms with E-state index >= 15 is 0 Å². The highest BCUT2D eigenvalue weighted by Crippen LogP contribution is 2.22. The fraction of sp³-hybridized carbons (Fsp3) is 0.121. The summed E-state index contributed by atoms with van der Waals surface area (Å²) < 4.78 is 0. The van der Waals surface area contributed by atoms with Gasteiger partial charge in [0, 0.05) is 50.3 Å². The van der Waals surface area contributed by atoms with Crippen molar-refractivity contribution in [3.63, 3.8) is 0 Å². The number of benzene rings is 3. The van der Waals surface area contributed by atoms with Crippen LogP contribution in [0.4, 0.5) is 11.4 Å². The van der Waals surface area contributed by atoms with Crippen LogP contribution in [0.25, 0.3) is 0 Å². The molecule has 0 bridgehead atoms. The molecule has 3 amide bonds. The zero-order valence-electron chi connectivity index (χ0n) is 30.1. The van der Waals surface area contributed by atoms with Crippen LogP contribution in [0, 0.1) is 21.6 Å². The Morgan fingerprint density at radius 1 is 0.418 bits per heavy atom. The maximum atomic E-state index is 13.7. The van der Waals surface area contributed by atoms with Gasteiger partial charge in [-0.2, -0.15) is 20.4 Å². The van der Waals surface area contributed by atoms with Crippen molar-refractivity contribution in [2.45, 2.75) is 27.7 Å². The van der Waals surface area contributed by atoms with Crippen LogP contribution in [0.5, 0.6) is 0 Å². The van der Waals surface area contributed by atoms with Gasteiger partial charge in [0.05, 0.1) is 22.8 Å². The molecular weight excluding hydrogens is 710 g/mol. The molecule has 3 aromatic carbocycles. The predicted molar refractivity (Wildman–Crippen MR) is 213 cm³/mol. The van der Waals surface area contributed by atoms with Gasteiger partial charge in [-0.05, 0) is 82.3 Å². The van der Waals surface area contributed by atoms with E-state index in [-0.39, 0.29) is 28.1 Å². The Labute approximate surface area is 314 Å². The zero-order valence-corrected chi connectivity index (χ0v) is 30.1. The fourth-order valence-corrected chi connectivity index (χ4v) is 4.51. The summed E-state index contributed by atoms with van der Waals surface area (Å²) >= 11 is 0. The summed E-state index contributed by atoms with van der Waals surface area (Å²) in [5, 5.41) is 51.3. The largest absolute Gasteiger partial charge is 0.369 e. The average molecular weight is 752 g/mol. The molecule has 0 heterocycles. The van der Waals surface area contributed by atoms with E-state index in [0.29, 0.717) is 45.1 Å². The number of nitrogens with two attached hydrogens (primary N) is 5. The van der Waals surface area contributed by atoms with Gasteiger partial charge >= 0.3 is 0 Å². The van der Waals surface area contributed by atoms with E-state index < -0.39 is 41.6 Å². The van der Waals surface area contributed by atoms with Crippen LogP contribution in [-0.2, 0) is 0 Å². The fourth-order valence-electron chi connectivity index (χ4n) is 4.51. The van der Waals surface area contributed by atoms with Crippen LogP contribution in [0.1, 0.15) is 81.0 Å². The van der Waals surface area contributed by atoms with E-state index in [0.717, 1.165) is 0 Å². The van der Waals surface area contributed by atoms with Gasteiger partial charge in [-0.3, -0.25) is 36.0 Å². The second-order valence-corrected chi connectivity index (χ2v) is 11.6. The highest BCUT2D eigenvalue weighted by Gasteiger charge is 2.18. The second kappa shape index (κ2) is 18.4. The van der Waals surface area contributed by atoms with Gasteiger partial charge in [0.25, 0.3) is 11.8 Å². The maximum Gasteiger partial charge on any atom is 0.255 e. The molecule has 0 saturated heterocycles. The molecule has 3 rings (SSSR count). The third-order valence-corrected chi connectivity index (χ3v) is 7.17. The van der Waals surface area contributed by atoms with Crippen molar-refractivity contribution in [3.05, 3.63) is 93.5 Å². The quantitative estimate of drug-likeness (QED) is 0.0631. The number of nitrogens with zero attached hydrogens (tertiary/aromatic N) is 4. The van der Waals surface area contributed by atoms with E-state index in [9.17, 15) is 14.4 Å². The first-order chi connectivity index (χ1) is 25.8. The summed E-state index contributed by atoms with van der Waals surface area (Å²) in [6.07, 6.45) is 0. The van der Waals surface area contributed by atoms with E-state index in [1.54, 1.807) is 64.1 Å². The van der Waals surface area contributed by atoms with Crippen LogP contribution < -0.4 is 61.0 Å². The zero-order chi connectivity index (χ0) is 41.0. The Kier molecular flexibility index (Phi) is 13.8. The molecule has 0 aliphatic heterocycles. The summed E-state index contributed by atoms with van der Waals surface area (Å²) in [6, 6.07) is 13.4. The van der Waals surface area contributed by atoms with E-state index in [1.807, 2.05) is 0 Å². The predicted octanol–water partition coefficient (Wildman–Crippen LogP) is 0.118. The molecule has 0 spiro atoms. The van der Waals surface area contributed by atoms with Crippen LogP contribution in [0.2, 0.25) is 0 Å². The number of rotatable bonds is 13. The first kappa shape index (κ1) is 41.3. The van der Waals surface area contributed by atoms with Crippen molar-refractivity contribution in [1.82, 2.24) is 21.7 Å². The van der Waals surface area contributed by atoms with Gasteiger partial charge in [0.2, 0.25) is 29.7 Å². The topological polar surface area (TPSA) is 398 Å². The Morgan fingerprint density at radius 2 is 0.655 bits per heavy atom. The number of amides is 3. The van der Waals surface area contributed by atoms with Gasteiger partial charge in [0.15, 0.2) is 0 Å². The minimum absolute atomic E-state index is 0.0910. The monoisotopic (exact) mass is 751 g/mol. The third-order valence-electron chi connectivity index (χ3n) is 7.17. The van der Waals surface area contributed by atoms with Crippen molar-refractivity contribution in [3.8, 4) is 0 Å². The number of carbonyl (C=O) groups excluding carboxylic acids is 3. The van der Waals surface area contributed by atoms with Crippen LogP contribution in [-0.4, -0.2) is 64.4 Å². The van der Waals surface area contributed by atoms with Gasteiger partial charge < -0.3 is 39.3 Å². The van der Waals surface area contributed by atoms with E-state index in [4.69, 9.17) is 50.3 Å². The second-order valence-electron chi connectivity index (χ2n) is 11.6. The summed E-state index contributed by atoms with van der Waals surface area (Å²) in [4.78, 5) is 39.8. The molecule has 0 atom stereocenters. The molecule has 22 heteroatoms. The molecule has 0 aromatic heterocycles. The molecule has 0 aliphatic rings.